The Morgan fingerprint density at radius 3 is 2.00 bits per heavy atom. The average molecular weight is 245 g/mol. The van der Waals surface area contributed by atoms with Crippen LogP contribution in [0.3, 0.4) is 0 Å². The molecule has 1 fully saturated rings. The van der Waals surface area contributed by atoms with E-state index in [1.54, 1.807) is 7.11 Å². The van der Waals surface area contributed by atoms with Crippen LogP contribution in [-0.2, 0) is 5.41 Å². The van der Waals surface area contributed by atoms with Crippen molar-refractivity contribution in [3.63, 3.8) is 0 Å². The van der Waals surface area contributed by atoms with Crippen molar-refractivity contribution < 1.29 is 4.74 Å². The third-order valence-corrected chi connectivity index (χ3v) is 5.15. The van der Waals surface area contributed by atoms with Crippen LogP contribution in [0.4, 0.5) is 0 Å². The Bertz CT molecular complexity index is 372. The fourth-order valence-corrected chi connectivity index (χ4v) is 2.99. The summed E-state index contributed by atoms with van der Waals surface area (Å²) in [7, 11) is 1.66. The Morgan fingerprint density at radius 2 is 1.67 bits per heavy atom. The number of ether oxygens (including phenoxy) is 1. The van der Waals surface area contributed by atoms with Gasteiger partial charge in [-0.25, -0.2) is 0 Å². The molecule has 0 aliphatic heterocycles. The minimum atomic E-state index is -0.637. The molecule has 1 aromatic carbocycles. The van der Waals surface area contributed by atoms with Gasteiger partial charge in [-0.15, -0.1) is 23.2 Å². The molecule has 1 saturated carbocycles. The van der Waals surface area contributed by atoms with E-state index in [1.807, 2.05) is 24.3 Å². The van der Waals surface area contributed by atoms with Gasteiger partial charge in [0.1, 0.15) is 10.1 Å². The van der Waals surface area contributed by atoms with Crippen LogP contribution in [0, 0.1) is 5.92 Å². The van der Waals surface area contributed by atoms with Crippen LogP contribution in [0.1, 0.15) is 19.4 Å². The molecule has 2 atom stereocenters. The van der Waals surface area contributed by atoms with Crippen molar-refractivity contribution in [2.45, 2.75) is 23.6 Å². The summed E-state index contributed by atoms with van der Waals surface area (Å²) < 4.78 is 4.48. The fourth-order valence-electron chi connectivity index (χ4n) is 2.12. The van der Waals surface area contributed by atoms with Crippen LogP contribution in [0.25, 0.3) is 0 Å². The molecule has 0 amide bonds. The van der Waals surface area contributed by atoms with Gasteiger partial charge in [-0.1, -0.05) is 26.0 Å². The van der Waals surface area contributed by atoms with Crippen molar-refractivity contribution in [2.24, 2.45) is 5.92 Å². The minimum Gasteiger partial charge on any atom is -0.497 e. The molecule has 1 aromatic rings. The molecule has 1 aliphatic carbocycles. The smallest absolute Gasteiger partial charge is 0.131 e. The zero-order valence-corrected chi connectivity index (χ0v) is 10.6. The molecular weight excluding hydrogens is 231 g/mol. The van der Waals surface area contributed by atoms with Crippen molar-refractivity contribution in [1.29, 1.82) is 0 Å². The van der Waals surface area contributed by atoms with Crippen LogP contribution in [0.15, 0.2) is 24.3 Å². The van der Waals surface area contributed by atoms with Crippen molar-refractivity contribution in [3.05, 3.63) is 29.8 Å². The lowest BCUT2D eigenvalue weighted by atomic mass is 9.96. The maximum absolute atomic E-state index is 6.24. The zero-order chi connectivity index (χ0) is 11.3. The molecule has 1 aliphatic rings. The second-order valence-corrected chi connectivity index (χ2v) is 5.66. The number of hydrogen-bond acceptors (Lipinski definition) is 1. The lowest BCUT2D eigenvalue weighted by Gasteiger charge is -2.13. The largest absolute Gasteiger partial charge is 0.497 e. The van der Waals surface area contributed by atoms with Gasteiger partial charge < -0.3 is 4.74 Å². The molecule has 0 spiro atoms. The first-order valence-electron chi connectivity index (χ1n) is 4.97. The Morgan fingerprint density at radius 1 is 1.20 bits per heavy atom. The molecule has 2 rings (SSSR count). The summed E-state index contributed by atoms with van der Waals surface area (Å²) in [6, 6.07) is 7.94. The lowest BCUT2D eigenvalue weighted by molar-refractivity contribution is 0.414. The molecule has 0 bridgehead atoms. The molecule has 0 saturated heterocycles. The quantitative estimate of drug-likeness (QED) is 0.720. The number of rotatable bonds is 2. The Labute approximate surface area is 100 Å². The topological polar surface area (TPSA) is 9.23 Å². The van der Waals surface area contributed by atoms with E-state index in [0.29, 0.717) is 0 Å². The van der Waals surface area contributed by atoms with E-state index < -0.39 is 4.33 Å². The van der Waals surface area contributed by atoms with Crippen molar-refractivity contribution in [3.8, 4) is 5.75 Å². The maximum Gasteiger partial charge on any atom is 0.131 e. The van der Waals surface area contributed by atoms with Crippen molar-refractivity contribution in [2.75, 3.05) is 7.11 Å². The summed E-state index contributed by atoms with van der Waals surface area (Å²) in [4.78, 5) is 0. The lowest BCUT2D eigenvalue weighted by Crippen LogP contribution is -2.09. The summed E-state index contributed by atoms with van der Waals surface area (Å²) >= 11 is 12.5. The van der Waals surface area contributed by atoms with E-state index in [-0.39, 0.29) is 11.3 Å². The number of methoxy groups -OCH3 is 1. The van der Waals surface area contributed by atoms with E-state index in [4.69, 9.17) is 27.9 Å². The normalized spacial score (nSPS) is 32.5. The Balaban J connectivity index is 2.32. The monoisotopic (exact) mass is 244 g/mol. The molecule has 0 radical (unpaired) electrons. The predicted octanol–water partition coefficient (Wildman–Crippen LogP) is 3.78. The number of hydrogen-bond donors (Lipinski definition) is 0. The van der Waals surface area contributed by atoms with Gasteiger partial charge in [-0.3, -0.25) is 0 Å². The molecule has 2 unspecified atom stereocenters. The molecule has 15 heavy (non-hydrogen) atoms. The van der Waals surface area contributed by atoms with Gasteiger partial charge in [-0.05, 0) is 17.7 Å². The van der Waals surface area contributed by atoms with Gasteiger partial charge in [0, 0.05) is 11.3 Å². The predicted molar refractivity (Wildman–Crippen MR) is 63.9 cm³/mol. The van der Waals surface area contributed by atoms with Crippen LogP contribution in [0.2, 0.25) is 0 Å². The zero-order valence-electron chi connectivity index (χ0n) is 9.05. The van der Waals surface area contributed by atoms with E-state index >= 15 is 0 Å². The molecule has 82 valence electrons. The Hall–Kier alpha value is -0.400. The minimum absolute atomic E-state index is 0.137. The third kappa shape index (κ3) is 1.37. The van der Waals surface area contributed by atoms with Gasteiger partial charge in [0.25, 0.3) is 0 Å². The molecule has 0 heterocycles. The van der Waals surface area contributed by atoms with Crippen LogP contribution < -0.4 is 4.74 Å². The Kier molecular flexibility index (Phi) is 2.44. The van der Waals surface area contributed by atoms with Gasteiger partial charge in [0.2, 0.25) is 0 Å². The van der Waals surface area contributed by atoms with E-state index in [1.165, 1.54) is 5.56 Å². The second kappa shape index (κ2) is 3.29. The van der Waals surface area contributed by atoms with Crippen LogP contribution in [0.5, 0.6) is 5.75 Å². The highest BCUT2D eigenvalue weighted by Gasteiger charge is 2.71. The van der Waals surface area contributed by atoms with Crippen molar-refractivity contribution >= 4 is 23.2 Å². The van der Waals surface area contributed by atoms with E-state index in [2.05, 4.69) is 13.8 Å². The highest BCUT2D eigenvalue weighted by molar-refractivity contribution is 6.52. The van der Waals surface area contributed by atoms with Gasteiger partial charge in [0.05, 0.1) is 7.11 Å². The maximum atomic E-state index is 6.24. The highest BCUT2D eigenvalue weighted by atomic mass is 35.5. The van der Waals surface area contributed by atoms with Gasteiger partial charge >= 0.3 is 0 Å². The van der Waals surface area contributed by atoms with Crippen LogP contribution in [-0.4, -0.2) is 11.4 Å². The second-order valence-electron chi connectivity index (χ2n) is 4.28. The van der Waals surface area contributed by atoms with E-state index in [0.717, 1.165) is 5.75 Å². The molecule has 0 aromatic heterocycles. The first-order chi connectivity index (χ1) is 6.94. The van der Waals surface area contributed by atoms with Crippen LogP contribution >= 0.6 is 23.2 Å². The summed E-state index contributed by atoms with van der Waals surface area (Å²) in [6.45, 7) is 4.17. The summed E-state index contributed by atoms with van der Waals surface area (Å²) in [5.74, 6) is 1.13. The first kappa shape index (κ1) is 11.1. The first-order valence-corrected chi connectivity index (χ1v) is 5.72. The SMILES string of the molecule is COc1ccc(C2(C)C(C)C2(Cl)Cl)cc1. The summed E-state index contributed by atoms with van der Waals surface area (Å²) in [5.41, 5.74) is 1.03. The molecule has 3 heteroatoms. The summed E-state index contributed by atoms with van der Waals surface area (Å²) in [5, 5.41) is 0. The third-order valence-electron chi connectivity index (χ3n) is 3.71. The van der Waals surface area contributed by atoms with Gasteiger partial charge in [0.15, 0.2) is 0 Å². The standard InChI is InChI=1S/C12H14Cl2O/c1-8-11(2,12(8,13)14)9-4-6-10(15-3)7-5-9/h4-8H,1-3H3. The molecule has 0 N–H and O–H groups in total. The highest BCUT2D eigenvalue weighted by Crippen LogP contribution is 2.69. The van der Waals surface area contributed by atoms with Crippen molar-refractivity contribution in [1.82, 2.24) is 0 Å². The summed E-state index contributed by atoms with van der Waals surface area (Å²) in [6.07, 6.45) is 0. The number of halogens is 2. The van der Waals surface area contributed by atoms with E-state index in [9.17, 15) is 0 Å². The van der Waals surface area contributed by atoms with Gasteiger partial charge in [-0.2, -0.15) is 0 Å². The molecule has 1 nitrogen and oxygen atoms in total. The number of benzene rings is 1. The molecular formula is C12H14Cl2O. The average Bonchev–Trinajstić information content (AvgIpc) is 2.64. The fraction of sp³-hybridized carbons (Fsp3) is 0.500. The number of alkyl halides is 2.